The summed E-state index contributed by atoms with van der Waals surface area (Å²) in [7, 11) is 0. The number of hydrogen-bond acceptors (Lipinski definition) is 8. The van der Waals surface area contributed by atoms with E-state index in [4.69, 9.17) is 4.74 Å². The van der Waals surface area contributed by atoms with Crippen LogP contribution in [0, 0.1) is 6.92 Å². The lowest BCUT2D eigenvalue weighted by Crippen LogP contribution is -2.40. The minimum absolute atomic E-state index is 0.140. The molecule has 1 atom stereocenters. The fraction of sp³-hybridized carbons (Fsp3) is 0.455. The number of carbonyl (C=O) groups is 1. The van der Waals surface area contributed by atoms with E-state index < -0.39 is 0 Å². The maximum Gasteiger partial charge on any atom is 0.278 e. The number of anilines is 1. The second-order valence-electron chi connectivity index (χ2n) is 4.01. The van der Waals surface area contributed by atoms with E-state index in [9.17, 15) is 4.79 Å². The Bertz CT molecular complexity index is 542. The minimum atomic E-state index is -0.348. The number of aryl methyl sites for hydroxylation is 1. The van der Waals surface area contributed by atoms with Crippen molar-refractivity contribution in [3.05, 3.63) is 17.3 Å². The van der Waals surface area contributed by atoms with Crippen LogP contribution in [-0.4, -0.2) is 40.4 Å². The van der Waals surface area contributed by atoms with Gasteiger partial charge in [-0.1, -0.05) is 5.16 Å². The molecule has 2 heterocycles. The van der Waals surface area contributed by atoms with Gasteiger partial charge in [0.1, 0.15) is 12.3 Å². The van der Waals surface area contributed by atoms with E-state index in [1.807, 2.05) is 0 Å². The molecule has 0 aliphatic rings. The number of thiazole rings is 1. The van der Waals surface area contributed by atoms with Gasteiger partial charge in [-0.25, -0.2) is 9.61 Å². The molecular weight excluding hydrogens is 282 g/mol. The van der Waals surface area contributed by atoms with Crippen molar-refractivity contribution in [3.8, 4) is 5.88 Å². The summed E-state index contributed by atoms with van der Waals surface area (Å²) >= 11 is 1.38. The van der Waals surface area contributed by atoms with E-state index in [0.717, 1.165) is 0 Å². The Hall–Kier alpha value is -2.00. The van der Waals surface area contributed by atoms with Gasteiger partial charge in [0.25, 0.3) is 5.88 Å². The first kappa shape index (κ1) is 14.4. The van der Waals surface area contributed by atoms with Gasteiger partial charge in [0, 0.05) is 18.1 Å². The Kier molecular flexibility index (Phi) is 5.02. The average molecular weight is 297 g/mol. The van der Waals surface area contributed by atoms with Gasteiger partial charge in [-0.15, -0.1) is 11.3 Å². The van der Waals surface area contributed by atoms with Crippen LogP contribution in [0.3, 0.4) is 0 Å². The van der Waals surface area contributed by atoms with E-state index in [1.54, 1.807) is 25.4 Å². The van der Waals surface area contributed by atoms with Crippen LogP contribution in [0.2, 0.25) is 0 Å². The van der Waals surface area contributed by atoms with Crippen LogP contribution in [0.1, 0.15) is 12.6 Å². The molecule has 0 fully saturated rings. The van der Waals surface area contributed by atoms with Crippen LogP contribution in [0.15, 0.2) is 16.2 Å². The molecule has 0 aliphatic carbocycles. The second kappa shape index (κ2) is 6.96. The van der Waals surface area contributed by atoms with E-state index in [0.29, 0.717) is 29.9 Å². The average Bonchev–Trinajstić information content (AvgIpc) is 3.06. The first-order valence-electron chi connectivity index (χ1n) is 6.02. The molecule has 9 heteroatoms. The number of ether oxygens (including phenoxy) is 1. The zero-order chi connectivity index (χ0) is 14.4. The third kappa shape index (κ3) is 4.00. The number of carbonyl (C=O) groups excluding carboxylic acids is 1. The lowest BCUT2D eigenvalue weighted by atomic mass is 10.3. The van der Waals surface area contributed by atoms with Crippen LogP contribution in [0.4, 0.5) is 5.13 Å². The maximum atomic E-state index is 11.8. The predicted molar refractivity (Wildman–Crippen MR) is 72.7 cm³/mol. The zero-order valence-corrected chi connectivity index (χ0v) is 11.9. The largest absolute Gasteiger partial charge is 0.473 e. The van der Waals surface area contributed by atoms with Crippen molar-refractivity contribution in [1.82, 2.24) is 20.6 Å². The smallest absolute Gasteiger partial charge is 0.278 e. The lowest BCUT2D eigenvalue weighted by molar-refractivity contribution is -0.117. The van der Waals surface area contributed by atoms with Crippen LogP contribution in [0.25, 0.3) is 0 Å². The summed E-state index contributed by atoms with van der Waals surface area (Å²) in [4.78, 5) is 15.8. The molecule has 0 saturated heterocycles. The quantitative estimate of drug-likeness (QED) is 0.730. The van der Waals surface area contributed by atoms with E-state index in [2.05, 4.69) is 30.6 Å². The van der Waals surface area contributed by atoms with Gasteiger partial charge in [0.15, 0.2) is 5.13 Å². The van der Waals surface area contributed by atoms with Gasteiger partial charge in [-0.2, -0.15) is 0 Å². The van der Waals surface area contributed by atoms with Crippen molar-refractivity contribution in [2.45, 2.75) is 19.9 Å². The SMILES string of the molecule is Cc1nonc1OCCN[C@H](C)C(=O)Nc1nccs1. The predicted octanol–water partition coefficient (Wildman–Crippen LogP) is 0.830. The summed E-state index contributed by atoms with van der Waals surface area (Å²) in [5.41, 5.74) is 0.597. The fourth-order valence-corrected chi connectivity index (χ4v) is 1.90. The van der Waals surface area contributed by atoms with Gasteiger partial charge < -0.3 is 15.4 Å². The third-order valence-corrected chi connectivity index (χ3v) is 3.15. The number of amides is 1. The molecule has 0 bridgehead atoms. The maximum absolute atomic E-state index is 11.8. The lowest BCUT2D eigenvalue weighted by Gasteiger charge is -2.12. The molecular formula is C11H15N5O3S. The molecule has 20 heavy (non-hydrogen) atoms. The topological polar surface area (TPSA) is 102 Å². The van der Waals surface area contributed by atoms with E-state index in [1.165, 1.54) is 11.3 Å². The van der Waals surface area contributed by atoms with E-state index in [-0.39, 0.29) is 11.9 Å². The third-order valence-electron chi connectivity index (χ3n) is 2.46. The summed E-state index contributed by atoms with van der Waals surface area (Å²) in [5.74, 6) is 0.228. The Morgan fingerprint density at radius 2 is 2.40 bits per heavy atom. The molecule has 2 aromatic heterocycles. The van der Waals surface area contributed by atoms with Gasteiger partial charge in [-0.05, 0) is 19.0 Å². The first-order valence-corrected chi connectivity index (χ1v) is 6.90. The molecule has 0 saturated carbocycles. The van der Waals surface area contributed by atoms with E-state index >= 15 is 0 Å². The molecule has 0 spiro atoms. The molecule has 2 N–H and O–H groups in total. The monoisotopic (exact) mass is 297 g/mol. The summed E-state index contributed by atoms with van der Waals surface area (Å²) in [6, 6.07) is -0.348. The highest BCUT2D eigenvalue weighted by Gasteiger charge is 2.13. The summed E-state index contributed by atoms with van der Waals surface area (Å²) in [5, 5.41) is 15.3. The molecule has 0 unspecified atom stereocenters. The van der Waals surface area contributed by atoms with Gasteiger partial charge in [0.2, 0.25) is 5.91 Å². The molecule has 108 valence electrons. The summed E-state index contributed by atoms with van der Waals surface area (Å²) in [6.45, 7) is 4.37. The minimum Gasteiger partial charge on any atom is -0.473 e. The normalized spacial score (nSPS) is 12.1. The van der Waals surface area contributed by atoms with Crippen molar-refractivity contribution in [1.29, 1.82) is 0 Å². The summed E-state index contributed by atoms with van der Waals surface area (Å²) in [6.07, 6.45) is 1.64. The van der Waals surface area contributed by atoms with Crippen molar-refractivity contribution in [2.24, 2.45) is 0 Å². The van der Waals surface area contributed by atoms with Crippen LogP contribution >= 0.6 is 11.3 Å². The Morgan fingerprint density at radius 1 is 1.55 bits per heavy atom. The molecule has 1 amide bonds. The molecule has 0 aromatic carbocycles. The molecule has 8 nitrogen and oxygen atoms in total. The highest BCUT2D eigenvalue weighted by Crippen LogP contribution is 2.11. The molecule has 2 rings (SSSR count). The molecule has 0 aliphatic heterocycles. The number of hydrogen-bond donors (Lipinski definition) is 2. The van der Waals surface area contributed by atoms with Crippen molar-refractivity contribution in [3.63, 3.8) is 0 Å². The van der Waals surface area contributed by atoms with Gasteiger partial charge in [-0.3, -0.25) is 4.79 Å². The van der Waals surface area contributed by atoms with Crippen molar-refractivity contribution in [2.75, 3.05) is 18.5 Å². The number of nitrogens with zero attached hydrogens (tertiary/aromatic N) is 3. The highest BCUT2D eigenvalue weighted by atomic mass is 32.1. The molecule has 2 aromatic rings. The van der Waals surface area contributed by atoms with Crippen LogP contribution in [-0.2, 0) is 4.79 Å². The summed E-state index contributed by atoms with van der Waals surface area (Å²) < 4.78 is 9.85. The standard InChI is InChI=1S/C11H15N5O3S/c1-7(9(17)14-11-13-4-6-20-11)12-3-5-18-10-8(2)15-19-16-10/h4,6-7,12H,3,5H2,1-2H3,(H,13,14,17)/t7-/m1/s1. The second-order valence-corrected chi connectivity index (χ2v) is 4.90. The van der Waals surface area contributed by atoms with Gasteiger partial charge in [0.05, 0.1) is 6.04 Å². The Labute approximate surface area is 119 Å². The van der Waals surface area contributed by atoms with Crippen LogP contribution in [0.5, 0.6) is 5.88 Å². The van der Waals surface area contributed by atoms with Gasteiger partial charge >= 0.3 is 0 Å². The van der Waals surface area contributed by atoms with Crippen molar-refractivity contribution >= 4 is 22.4 Å². The van der Waals surface area contributed by atoms with Crippen LogP contribution < -0.4 is 15.4 Å². The number of rotatable bonds is 7. The number of nitrogens with one attached hydrogen (secondary N) is 2. The fourth-order valence-electron chi connectivity index (χ4n) is 1.37. The zero-order valence-electron chi connectivity index (χ0n) is 11.1. The first-order chi connectivity index (χ1) is 9.66. The number of aromatic nitrogens is 3. The molecule has 0 radical (unpaired) electrons. The Balaban J connectivity index is 1.66. The highest BCUT2D eigenvalue weighted by molar-refractivity contribution is 7.13. The van der Waals surface area contributed by atoms with Crippen molar-refractivity contribution < 1.29 is 14.2 Å². The Morgan fingerprint density at radius 3 is 3.05 bits per heavy atom.